The minimum Gasteiger partial charge on any atom is -0.490 e. The van der Waals surface area contributed by atoms with Crippen LogP contribution in [0.25, 0.3) is 0 Å². The average molecular weight is 236 g/mol. The van der Waals surface area contributed by atoms with Gasteiger partial charge in [0.15, 0.2) is 0 Å². The molecule has 3 nitrogen and oxygen atoms in total. The summed E-state index contributed by atoms with van der Waals surface area (Å²) in [4.78, 5) is 11.3. The highest BCUT2D eigenvalue weighted by molar-refractivity contribution is 5.69. The Labute approximate surface area is 103 Å². The molecule has 0 radical (unpaired) electrons. The largest absolute Gasteiger partial charge is 0.490 e. The lowest BCUT2D eigenvalue weighted by Crippen LogP contribution is -2.24. The number of carbonyl (C=O) groups excluding carboxylic acids is 1. The molecule has 0 saturated heterocycles. The Bertz CT molecular complexity index is 321. The molecule has 0 aromatic heterocycles. The predicted octanol–water partition coefficient (Wildman–Crippen LogP) is 3.19. The van der Waals surface area contributed by atoms with Crippen molar-refractivity contribution in [3.05, 3.63) is 30.3 Å². The van der Waals surface area contributed by atoms with Crippen molar-refractivity contribution in [2.75, 3.05) is 6.61 Å². The fraction of sp³-hybridized carbons (Fsp3) is 0.500. The molecule has 0 fully saturated rings. The van der Waals surface area contributed by atoms with Crippen LogP contribution in [0.3, 0.4) is 0 Å². The van der Waals surface area contributed by atoms with Crippen LogP contribution in [-0.4, -0.2) is 18.7 Å². The number of para-hydroxylation sites is 1. The molecule has 3 heteroatoms. The van der Waals surface area contributed by atoms with Gasteiger partial charge < -0.3 is 9.47 Å². The summed E-state index contributed by atoms with van der Waals surface area (Å²) in [6, 6.07) is 9.55. The van der Waals surface area contributed by atoms with Crippen LogP contribution in [0.5, 0.6) is 5.75 Å². The fourth-order valence-corrected chi connectivity index (χ4v) is 1.39. The number of hydrogen-bond acceptors (Lipinski definition) is 3. The van der Waals surface area contributed by atoms with Gasteiger partial charge in [-0.15, -0.1) is 0 Å². The Kier molecular flexibility index (Phi) is 6.15. The second-order valence-corrected chi connectivity index (χ2v) is 3.89. The lowest BCUT2D eigenvalue weighted by atomic mass is 10.3. The summed E-state index contributed by atoms with van der Waals surface area (Å²) in [5.41, 5.74) is 0. The monoisotopic (exact) mass is 236 g/mol. The summed E-state index contributed by atoms with van der Waals surface area (Å²) < 4.78 is 10.9. The summed E-state index contributed by atoms with van der Waals surface area (Å²) in [6.07, 6.45) is 1.90. The van der Waals surface area contributed by atoms with E-state index in [0.717, 1.165) is 18.6 Å². The van der Waals surface area contributed by atoms with Gasteiger partial charge in [0.1, 0.15) is 18.5 Å². The topological polar surface area (TPSA) is 35.5 Å². The molecule has 0 bridgehead atoms. The molecule has 0 aliphatic heterocycles. The van der Waals surface area contributed by atoms with Gasteiger partial charge in [0.2, 0.25) is 0 Å². The molecule has 94 valence electrons. The van der Waals surface area contributed by atoms with Gasteiger partial charge in [-0.1, -0.05) is 32.0 Å². The van der Waals surface area contributed by atoms with E-state index in [2.05, 4.69) is 0 Å². The Morgan fingerprint density at radius 1 is 1.24 bits per heavy atom. The highest BCUT2D eigenvalue weighted by Crippen LogP contribution is 2.10. The number of hydrogen-bond donors (Lipinski definition) is 0. The standard InChI is InChI=1S/C14H20O3/c1-3-8-14(15)17-12(4-2)11-16-13-9-6-5-7-10-13/h5-7,9-10,12H,3-4,8,11H2,1-2H3/t12-/m1/s1. The van der Waals surface area contributed by atoms with Crippen LogP contribution in [0.4, 0.5) is 0 Å². The van der Waals surface area contributed by atoms with Crippen LogP contribution in [0, 0.1) is 0 Å². The molecule has 17 heavy (non-hydrogen) atoms. The summed E-state index contributed by atoms with van der Waals surface area (Å²) in [6.45, 7) is 4.36. The summed E-state index contributed by atoms with van der Waals surface area (Å²) in [7, 11) is 0. The summed E-state index contributed by atoms with van der Waals surface area (Å²) >= 11 is 0. The van der Waals surface area contributed by atoms with Gasteiger partial charge in [-0.3, -0.25) is 4.79 Å². The van der Waals surface area contributed by atoms with Crippen LogP contribution >= 0.6 is 0 Å². The predicted molar refractivity (Wildman–Crippen MR) is 67.0 cm³/mol. The zero-order valence-corrected chi connectivity index (χ0v) is 10.5. The quantitative estimate of drug-likeness (QED) is 0.682. The van der Waals surface area contributed by atoms with Gasteiger partial charge in [0.05, 0.1) is 0 Å². The zero-order valence-electron chi connectivity index (χ0n) is 10.5. The Morgan fingerprint density at radius 2 is 1.94 bits per heavy atom. The molecule has 0 unspecified atom stereocenters. The van der Waals surface area contributed by atoms with E-state index in [0.29, 0.717) is 13.0 Å². The third kappa shape index (κ3) is 5.38. The highest BCUT2D eigenvalue weighted by atomic mass is 16.6. The maximum atomic E-state index is 11.3. The van der Waals surface area contributed by atoms with Crippen LogP contribution < -0.4 is 4.74 Å². The Hall–Kier alpha value is -1.51. The first-order chi connectivity index (χ1) is 8.26. The molecule has 0 amide bonds. The van der Waals surface area contributed by atoms with Crippen molar-refractivity contribution in [1.29, 1.82) is 0 Å². The van der Waals surface area contributed by atoms with Crippen LogP contribution in [0.1, 0.15) is 33.1 Å². The van der Waals surface area contributed by atoms with Crippen molar-refractivity contribution in [3.63, 3.8) is 0 Å². The molecule has 0 saturated carbocycles. The van der Waals surface area contributed by atoms with Crippen molar-refractivity contribution in [3.8, 4) is 5.75 Å². The third-order valence-corrected chi connectivity index (χ3v) is 2.39. The minimum absolute atomic E-state index is 0.143. The van der Waals surface area contributed by atoms with Crippen molar-refractivity contribution in [2.24, 2.45) is 0 Å². The van der Waals surface area contributed by atoms with Gasteiger partial charge in [-0.05, 0) is 25.0 Å². The number of benzene rings is 1. The molecular weight excluding hydrogens is 216 g/mol. The van der Waals surface area contributed by atoms with E-state index in [1.165, 1.54) is 0 Å². The molecular formula is C14H20O3. The first-order valence-corrected chi connectivity index (χ1v) is 6.13. The van der Waals surface area contributed by atoms with Gasteiger partial charge >= 0.3 is 5.97 Å². The van der Waals surface area contributed by atoms with Gasteiger partial charge in [0, 0.05) is 6.42 Å². The van der Waals surface area contributed by atoms with Crippen LogP contribution in [-0.2, 0) is 9.53 Å². The maximum Gasteiger partial charge on any atom is 0.306 e. The van der Waals surface area contributed by atoms with E-state index < -0.39 is 0 Å². The van der Waals surface area contributed by atoms with Crippen LogP contribution in [0.15, 0.2) is 30.3 Å². The number of rotatable bonds is 7. The molecule has 0 aliphatic carbocycles. The first-order valence-electron chi connectivity index (χ1n) is 6.13. The van der Waals surface area contributed by atoms with E-state index in [9.17, 15) is 4.79 Å². The zero-order chi connectivity index (χ0) is 12.5. The van der Waals surface area contributed by atoms with E-state index in [4.69, 9.17) is 9.47 Å². The molecule has 1 aromatic carbocycles. The molecule has 1 rings (SSSR count). The van der Waals surface area contributed by atoms with E-state index in [1.54, 1.807) is 0 Å². The smallest absolute Gasteiger partial charge is 0.306 e. The minimum atomic E-state index is -0.158. The molecule has 1 aromatic rings. The second kappa shape index (κ2) is 7.71. The maximum absolute atomic E-state index is 11.3. The van der Waals surface area contributed by atoms with E-state index in [-0.39, 0.29) is 12.1 Å². The van der Waals surface area contributed by atoms with Gasteiger partial charge in [-0.2, -0.15) is 0 Å². The van der Waals surface area contributed by atoms with Gasteiger partial charge in [-0.25, -0.2) is 0 Å². The highest BCUT2D eigenvalue weighted by Gasteiger charge is 2.12. The normalized spacial score (nSPS) is 11.9. The Morgan fingerprint density at radius 3 is 2.53 bits per heavy atom. The fourth-order valence-electron chi connectivity index (χ4n) is 1.39. The lowest BCUT2D eigenvalue weighted by molar-refractivity contribution is -0.150. The van der Waals surface area contributed by atoms with Crippen molar-refractivity contribution >= 4 is 5.97 Å². The van der Waals surface area contributed by atoms with Gasteiger partial charge in [0.25, 0.3) is 0 Å². The SMILES string of the molecule is CCCC(=O)O[C@H](CC)COc1ccccc1. The van der Waals surface area contributed by atoms with Crippen molar-refractivity contribution in [1.82, 2.24) is 0 Å². The summed E-state index contributed by atoms with van der Waals surface area (Å²) in [5.74, 6) is 0.661. The van der Waals surface area contributed by atoms with Crippen molar-refractivity contribution in [2.45, 2.75) is 39.2 Å². The molecule has 0 heterocycles. The van der Waals surface area contributed by atoms with E-state index in [1.807, 2.05) is 44.2 Å². The molecule has 0 aliphatic rings. The third-order valence-electron chi connectivity index (χ3n) is 2.39. The van der Waals surface area contributed by atoms with Crippen LogP contribution in [0.2, 0.25) is 0 Å². The molecule has 1 atom stereocenters. The summed E-state index contributed by atoms with van der Waals surface area (Å²) in [5, 5.41) is 0. The second-order valence-electron chi connectivity index (χ2n) is 3.89. The Balaban J connectivity index is 2.34. The molecule has 0 spiro atoms. The lowest BCUT2D eigenvalue weighted by Gasteiger charge is -2.16. The van der Waals surface area contributed by atoms with E-state index >= 15 is 0 Å². The van der Waals surface area contributed by atoms with Crippen molar-refractivity contribution < 1.29 is 14.3 Å². The number of esters is 1. The number of ether oxygens (including phenoxy) is 2. The molecule has 0 N–H and O–H groups in total. The average Bonchev–Trinajstić information content (AvgIpc) is 2.36. The number of carbonyl (C=O) groups is 1. The first kappa shape index (κ1) is 13.6.